The van der Waals surface area contributed by atoms with Crippen molar-refractivity contribution in [2.24, 2.45) is 0 Å². The summed E-state index contributed by atoms with van der Waals surface area (Å²) in [7, 11) is 0. The highest BCUT2D eigenvalue weighted by atomic mass is 19.4. The Morgan fingerprint density at radius 2 is 1.29 bits per heavy atom. The van der Waals surface area contributed by atoms with Crippen LogP contribution in [0.5, 0.6) is 0 Å². The smallest absolute Gasteiger partial charge is 0.475 e. The molecule has 12 heteroatoms. The quantitative estimate of drug-likeness (QED) is 0.703. The molecule has 0 amide bonds. The van der Waals surface area contributed by atoms with Crippen LogP contribution in [0.1, 0.15) is 0 Å². The molecule has 0 spiro atoms. The zero-order valence-corrected chi connectivity index (χ0v) is 11.3. The highest BCUT2D eigenvalue weighted by molar-refractivity contribution is 5.76. The Morgan fingerprint density at radius 1 is 0.875 bits per heavy atom. The Hall–Kier alpha value is -2.92. The number of hydrogen-bond donors (Lipinski definition) is 2. The summed E-state index contributed by atoms with van der Waals surface area (Å²) in [6, 6.07) is 7.91. The molecule has 2 rings (SSSR count). The number of carbonyl (C=O) groups is 2. The number of para-hydroxylation sites is 1. The maximum Gasteiger partial charge on any atom is 0.490 e. The molecule has 0 aliphatic rings. The number of fused-ring (bicyclic) bond motifs is 1. The van der Waals surface area contributed by atoms with E-state index in [0.717, 1.165) is 10.9 Å². The largest absolute Gasteiger partial charge is 0.490 e. The van der Waals surface area contributed by atoms with Crippen LogP contribution in [0.4, 0.5) is 26.3 Å². The molecule has 1 aromatic carbocycles. The van der Waals surface area contributed by atoms with Crippen molar-refractivity contribution in [1.29, 1.82) is 0 Å². The highest BCUT2D eigenvalue weighted by Gasteiger charge is 2.38. The number of aromatic nitrogens is 2. The van der Waals surface area contributed by atoms with Gasteiger partial charge in [-0.25, -0.2) is 19.6 Å². The van der Waals surface area contributed by atoms with Gasteiger partial charge in [0.1, 0.15) is 6.33 Å². The molecule has 0 atom stereocenters. The van der Waals surface area contributed by atoms with Crippen molar-refractivity contribution in [3.05, 3.63) is 36.8 Å². The predicted octanol–water partition coefficient (Wildman–Crippen LogP) is 2.90. The Labute approximate surface area is 129 Å². The number of carboxylic acid groups (broad SMARTS) is 2. The Morgan fingerprint density at radius 3 is 1.67 bits per heavy atom. The first-order chi connectivity index (χ1) is 10.9. The summed E-state index contributed by atoms with van der Waals surface area (Å²) in [6.07, 6.45) is -6.80. The molecule has 0 fully saturated rings. The van der Waals surface area contributed by atoms with Gasteiger partial charge in [0.05, 0.1) is 5.52 Å². The molecular weight excluding hydrogens is 350 g/mol. The lowest BCUT2D eigenvalue weighted by molar-refractivity contribution is -0.193. The minimum Gasteiger partial charge on any atom is -0.475 e. The van der Waals surface area contributed by atoms with Gasteiger partial charge in [0, 0.05) is 11.6 Å². The molecule has 0 saturated heterocycles. The van der Waals surface area contributed by atoms with E-state index < -0.39 is 24.3 Å². The van der Waals surface area contributed by atoms with Gasteiger partial charge < -0.3 is 10.2 Å². The molecule has 2 aromatic rings. The van der Waals surface area contributed by atoms with Crippen molar-refractivity contribution in [3.8, 4) is 0 Å². The number of benzene rings is 1. The normalized spacial score (nSPS) is 10.8. The number of hydrogen-bond acceptors (Lipinski definition) is 4. The minimum atomic E-state index is -5.08. The number of alkyl halides is 6. The van der Waals surface area contributed by atoms with Gasteiger partial charge in [0.15, 0.2) is 0 Å². The molecule has 0 unspecified atom stereocenters. The second-order valence-corrected chi connectivity index (χ2v) is 3.69. The third-order valence-electron chi connectivity index (χ3n) is 1.90. The molecule has 2 N–H and O–H groups in total. The van der Waals surface area contributed by atoms with E-state index in [1.54, 1.807) is 6.33 Å². The van der Waals surface area contributed by atoms with E-state index >= 15 is 0 Å². The van der Waals surface area contributed by atoms with Gasteiger partial charge >= 0.3 is 24.3 Å². The summed E-state index contributed by atoms with van der Waals surface area (Å²) >= 11 is 0. The fraction of sp³-hybridized carbons (Fsp3) is 0.167. The van der Waals surface area contributed by atoms with Crippen LogP contribution in [0.15, 0.2) is 36.8 Å². The van der Waals surface area contributed by atoms with Crippen molar-refractivity contribution in [2.75, 3.05) is 0 Å². The number of rotatable bonds is 0. The van der Waals surface area contributed by atoms with Crippen molar-refractivity contribution < 1.29 is 46.1 Å². The van der Waals surface area contributed by atoms with Crippen LogP contribution in [0, 0.1) is 0 Å². The van der Waals surface area contributed by atoms with E-state index in [9.17, 15) is 26.3 Å². The standard InChI is InChI=1S/C8H6N2.2C2HF3O2/c1-2-4-8-7(3-1)5-9-6-10-8;2*3-2(4,5)1(6)7/h1-6H;2*(H,6,7). The van der Waals surface area contributed by atoms with Crippen LogP contribution in [0.3, 0.4) is 0 Å². The van der Waals surface area contributed by atoms with E-state index in [2.05, 4.69) is 9.97 Å². The lowest BCUT2D eigenvalue weighted by atomic mass is 10.2. The Bertz CT molecular complexity index is 598. The zero-order chi connectivity index (χ0) is 19.0. The molecule has 24 heavy (non-hydrogen) atoms. The zero-order valence-electron chi connectivity index (χ0n) is 11.3. The van der Waals surface area contributed by atoms with E-state index in [1.807, 2.05) is 30.5 Å². The van der Waals surface area contributed by atoms with E-state index in [0.29, 0.717) is 0 Å². The summed E-state index contributed by atoms with van der Waals surface area (Å²) in [5.74, 6) is -5.51. The molecule has 0 aliphatic carbocycles. The van der Waals surface area contributed by atoms with Gasteiger partial charge in [0.2, 0.25) is 0 Å². The summed E-state index contributed by atoms with van der Waals surface area (Å²) in [5, 5.41) is 15.3. The Balaban J connectivity index is 0.000000343. The average molecular weight is 358 g/mol. The van der Waals surface area contributed by atoms with E-state index in [4.69, 9.17) is 19.8 Å². The SMILES string of the molecule is O=C(O)C(F)(F)F.O=C(O)C(F)(F)F.c1ccc2ncncc2c1. The summed E-state index contributed by atoms with van der Waals surface area (Å²) in [5.41, 5.74) is 0.998. The predicted molar refractivity (Wildman–Crippen MR) is 66.9 cm³/mol. The molecule has 0 aliphatic heterocycles. The van der Waals surface area contributed by atoms with Gasteiger partial charge in [-0.2, -0.15) is 26.3 Å². The maximum absolute atomic E-state index is 10.6. The fourth-order valence-corrected chi connectivity index (χ4v) is 0.923. The van der Waals surface area contributed by atoms with Crippen molar-refractivity contribution >= 4 is 22.8 Å². The topological polar surface area (TPSA) is 100 Å². The monoisotopic (exact) mass is 358 g/mol. The molecule has 1 heterocycles. The van der Waals surface area contributed by atoms with Crippen LogP contribution >= 0.6 is 0 Å². The molecule has 132 valence electrons. The van der Waals surface area contributed by atoms with Crippen LogP contribution in [0.2, 0.25) is 0 Å². The summed E-state index contributed by atoms with van der Waals surface area (Å²) < 4.78 is 63.5. The van der Waals surface area contributed by atoms with Gasteiger partial charge in [-0.3, -0.25) is 0 Å². The van der Waals surface area contributed by atoms with Gasteiger partial charge in [-0.1, -0.05) is 18.2 Å². The molecule has 0 bridgehead atoms. The fourth-order valence-electron chi connectivity index (χ4n) is 0.923. The van der Waals surface area contributed by atoms with Gasteiger partial charge in [0.25, 0.3) is 0 Å². The first kappa shape index (κ1) is 21.1. The van der Waals surface area contributed by atoms with Crippen molar-refractivity contribution in [1.82, 2.24) is 9.97 Å². The molecular formula is C12H8F6N2O4. The Kier molecular flexibility index (Phi) is 7.59. The lowest BCUT2D eigenvalue weighted by Crippen LogP contribution is -2.21. The van der Waals surface area contributed by atoms with Crippen LogP contribution < -0.4 is 0 Å². The molecule has 6 nitrogen and oxygen atoms in total. The summed E-state index contributed by atoms with van der Waals surface area (Å²) in [4.78, 5) is 25.8. The molecule has 0 radical (unpaired) electrons. The van der Waals surface area contributed by atoms with E-state index in [1.165, 1.54) is 0 Å². The van der Waals surface area contributed by atoms with E-state index in [-0.39, 0.29) is 0 Å². The number of carboxylic acids is 2. The lowest BCUT2D eigenvalue weighted by Gasteiger charge is -1.93. The number of aliphatic carboxylic acids is 2. The summed E-state index contributed by atoms with van der Waals surface area (Å²) in [6.45, 7) is 0. The highest BCUT2D eigenvalue weighted by Crippen LogP contribution is 2.13. The van der Waals surface area contributed by atoms with Gasteiger partial charge in [-0.15, -0.1) is 0 Å². The number of halogens is 6. The molecule has 1 aromatic heterocycles. The van der Waals surface area contributed by atoms with Gasteiger partial charge in [-0.05, 0) is 6.07 Å². The average Bonchev–Trinajstić information content (AvgIpc) is 2.46. The van der Waals surface area contributed by atoms with Crippen molar-refractivity contribution in [3.63, 3.8) is 0 Å². The van der Waals surface area contributed by atoms with Crippen LogP contribution in [-0.4, -0.2) is 44.5 Å². The van der Waals surface area contributed by atoms with Crippen LogP contribution in [-0.2, 0) is 9.59 Å². The van der Waals surface area contributed by atoms with Crippen molar-refractivity contribution in [2.45, 2.75) is 12.4 Å². The maximum atomic E-state index is 10.6. The third kappa shape index (κ3) is 8.51. The minimum absolute atomic E-state index is 0.998. The molecule has 0 saturated carbocycles. The third-order valence-corrected chi connectivity index (χ3v) is 1.90. The second-order valence-electron chi connectivity index (χ2n) is 3.69. The first-order valence-corrected chi connectivity index (χ1v) is 5.60. The number of nitrogens with zero attached hydrogens (tertiary/aromatic N) is 2. The second kappa shape index (κ2) is 8.64. The van der Waals surface area contributed by atoms with Crippen LogP contribution in [0.25, 0.3) is 10.9 Å². The first-order valence-electron chi connectivity index (χ1n) is 5.60.